The van der Waals surface area contributed by atoms with Crippen molar-refractivity contribution >= 4 is 23.0 Å². The third-order valence-corrected chi connectivity index (χ3v) is 5.60. The Balaban J connectivity index is 1.64. The minimum Gasteiger partial charge on any atom is -0.406 e. The zero-order chi connectivity index (χ0) is 11.3. The van der Waals surface area contributed by atoms with Crippen LogP contribution in [0, 0.1) is 17.3 Å². The molecule has 2 nitrogen and oxygen atoms in total. The first-order valence-electron chi connectivity index (χ1n) is 6.50. The van der Waals surface area contributed by atoms with E-state index in [0.29, 0.717) is 17.6 Å². The molecule has 1 heterocycles. The van der Waals surface area contributed by atoms with Crippen LogP contribution in [0.15, 0.2) is 0 Å². The zero-order valence-electron chi connectivity index (χ0n) is 10.1. The summed E-state index contributed by atoms with van der Waals surface area (Å²) in [4.78, 5) is 0. The summed E-state index contributed by atoms with van der Waals surface area (Å²) in [5.41, 5.74) is 0.495. The van der Waals surface area contributed by atoms with Gasteiger partial charge in [-0.25, -0.2) is 0 Å². The second-order valence-corrected chi connectivity index (χ2v) is 6.93. The minimum atomic E-state index is 0.0719. The minimum absolute atomic E-state index is 0.0719. The van der Waals surface area contributed by atoms with Crippen LogP contribution in [0.2, 0.25) is 6.32 Å². The molecule has 4 atom stereocenters. The molecule has 0 aromatic heterocycles. The first kappa shape index (κ1) is 11.5. The number of hydrogen-bond acceptors (Lipinski definition) is 2. The molecule has 4 rings (SSSR count). The number of halogens is 1. The summed E-state index contributed by atoms with van der Waals surface area (Å²) < 4.78 is 12.1. The highest BCUT2D eigenvalue weighted by molar-refractivity contribution is 9.09. The van der Waals surface area contributed by atoms with Crippen molar-refractivity contribution in [1.29, 1.82) is 0 Å². The summed E-state index contributed by atoms with van der Waals surface area (Å²) in [6, 6.07) is 0. The summed E-state index contributed by atoms with van der Waals surface area (Å²) in [6.45, 7) is 4.80. The Hall–Kier alpha value is 0.465. The van der Waals surface area contributed by atoms with Crippen LogP contribution in [-0.2, 0) is 9.31 Å². The maximum atomic E-state index is 6.11. The van der Waals surface area contributed by atoms with Gasteiger partial charge in [-0.15, -0.1) is 0 Å². The third-order valence-electron chi connectivity index (χ3n) is 5.04. The van der Waals surface area contributed by atoms with Crippen molar-refractivity contribution in [3.63, 3.8) is 0 Å². The zero-order valence-corrected chi connectivity index (χ0v) is 11.7. The summed E-state index contributed by atoms with van der Waals surface area (Å²) in [5, 5.41) is 1.04. The Kier molecular flexibility index (Phi) is 2.88. The summed E-state index contributed by atoms with van der Waals surface area (Å²) >= 11 is 3.46. The van der Waals surface area contributed by atoms with Crippen LogP contribution in [0.25, 0.3) is 0 Å². The van der Waals surface area contributed by atoms with E-state index in [1.165, 1.54) is 12.8 Å². The van der Waals surface area contributed by atoms with Crippen LogP contribution in [0.5, 0.6) is 0 Å². The Morgan fingerprint density at radius 2 is 2.12 bits per heavy atom. The van der Waals surface area contributed by atoms with Crippen LogP contribution in [0.3, 0.4) is 0 Å². The lowest BCUT2D eigenvalue weighted by Crippen LogP contribution is -2.59. The fourth-order valence-corrected chi connectivity index (χ4v) is 4.11. The standard InChI is InChI=1S/C12H20BBrO2/c1-12(2)8-6-9(12)11-10(7-8)15-13(16-11)4-3-5-14/h8-11H,3-7H2,1-2H3/t8-,9?,10?,11?/m0/s1. The van der Waals surface area contributed by atoms with Crippen molar-refractivity contribution < 1.29 is 9.31 Å². The molecule has 1 saturated heterocycles. The molecule has 0 spiro atoms. The number of rotatable bonds is 3. The van der Waals surface area contributed by atoms with Crippen molar-refractivity contribution in [3.05, 3.63) is 0 Å². The number of alkyl halides is 1. The second kappa shape index (κ2) is 3.99. The maximum absolute atomic E-state index is 6.11. The highest BCUT2D eigenvalue weighted by atomic mass is 79.9. The molecule has 4 heteroatoms. The first-order chi connectivity index (χ1) is 7.63. The SMILES string of the molecule is CC1(C)C2C[C@H]1CC1OB(CCCBr)OC12. The Morgan fingerprint density at radius 3 is 2.81 bits per heavy atom. The molecule has 0 N–H and O–H groups in total. The van der Waals surface area contributed by atoms with E-state index in [1.54, 1.807) is 0 Å². The van der Waals surface area contributed by atoms with Crippen molar-refractivity contribution in [2.45, 2.75) is 51.6 Å². The van der Waals surface area contributed by atoms with E-state index in [9.17, 15) is 0 Å². The van der Waals surface area contributed by atoms with Crippen molar-refractivity contribution in [2.75, 3.05) is 5.33 Å². The van der Waals surface area contributed by atoms with Crippen molar-refractivity contribution in [2.24, 2.45) is 17.3 Å². The summed E-state index contributed by atoms with van der Waals surface area (Å²) in [5.74, 6) is 1.61. The predicted molar refractivity (Wildman–Crippen MR) is 68.7 cm³/mol. The lowest BCUT2D eigenvalue weighted by atomic mass is 9.47. The third kappa shape index (κ3) is 1.60. The number of hydrogen-bond donors (Lipinski definition) is 0. The van der Waals surface area contributed by atoms with Gasteiger partial charge in [0.1, 0.15) is 0 Å². The molecular weight excluding hydrogens is 267 g/mol. The molecule has 3 unspecified atom stereocenters. The fourth-order valence-electron chi connectivity index (χ4n) is 3.79. The quantitative estimate of drug-likeness (QED) is 0.586. The molecule has 0 aromatic rings. The molecule has 2 bridgehead atoms. The molecule has 3 aliphatic carbocycles. The van der Waals surface area contributed by atoms with Gasteiger partial charge in [0.05, 0.1) is 12.2 Å². The van der Waals surface area contributed by atoms with Gasteiger partial charge in [0, 0.05) is 5.33 Å². The summed E-state index contributed by atoms with van der Waals surface area (Å²) in [6.07, 6.45) is 5.55. The van der Waals surface area contributed by atoms with E-state index in [0.717, 1.165) is 29.9 Å². The highest BCUT2D eigenvalue weighted by Gasteiger charge is 2.61. The van der Waals surface area contributed by atoms with Gasteiger partial charge in [-0.2, -0.15) is 0 Å². The fraction of sp³-hybridized carbons (Fsp3) is 1.00. The van der Waals surface area contributed by atoms with E-state index in [2.05, 4.69) is 29.8 Å². The van der Waals surface area contributed by atoms with E-state index in [1.807, 2.05) is 0 Å². The molecule has 4 aliphatic rings. The monoisotopic (exact) mass is 286 g/mol. The van der Waals surface area contributed by atoms with Gasteiger partial charge in [0.25, 0.3) is 0 Å². The van der Waals surface area contributed by atoms with Gasteiger partial charge in [-0.05, 0) is 42.8 Å². The average molecular weight is 287 g/mol. The van der Waals surface area contributed by atoms with Gasteiger partial charge < -0.3 is 9.31 Å². The van der Waals surface area contributed by atoms with Crippen LogP contribution in [0.1, 0.15) is 33.1 Å². The summed E-state index contributed by atoms with van der Waals surface area (Å²) in [7, 11) is 0.0719. The van der Waals surface area contributed by atoms with E-state index in [4.69, 9.17) is 9.31 Å². The molecule has 0 aromatic carbocycles. The lowest BCUT2D eigenvalue weighted by molar-refractivity contribution is -0.150. The Bertz CT molecular complexity index is 284. The smallest absolute Gasteiger partial charge is 0.406 e. The maximum Gasteiger partial charge on any atom is 0.457 e. The molecule has 16 heavy (non-hydrogen) atoms. The molecule has 1 aliphatic heterocycles. The molecule has 0 radical (unpaired) electrons. The van der Waals surface area contributed by atoms with Gasteiger partial charge >= 0.3 is 7.12 Å². The van der Waals surface area contributed by atoms with E-state index >= 15 is 0 Å². The first-order valence-corrected chi connectivity index (χ1v) is 7.62. The van der Waals surface area contributed by atoms with Gasteiger partial charge in [-0.3, -0.25) is 0 Å². The van der Waals surface area contributed by atoms with Gasteiger partial charge in [0.2, 0.25) is 0 Å². The largest absolute Gasteiger partial charge is 0.457 e. The Morgan fingerprint density at radius 1 is 1.31 bits per heavy atom. The lowest BCUT2D eigenvalue weighted by Gasteiger charge is -2.60. The van der Waals surface area contributed by atoms with E-state index < -0.39 is 0 Å². The molecule has 0 amide bonds. The normalized spacial score (nSPS) is 44.1. The van der Waals surface area contributed by atoms with Crippen LogP contribution < -0.4 is 0 Å². The Labute approximate surface area is 107 Å². The molecule has 3 saturated carbocycles. The van der Waals surface area contributed by atoms with Crippen LogP contribution in [-0.4, -0.2) is 24.7 Å². The van der Waals surface area contributed by atoms with Crippen LogP contribution in [0.4, 0.5) is 0 Å². The van der Waals surface area contributed by atoms with E-state index in [-0.39, 0.29) is 7.12 Å². The molecule has 90 valence electrons. The predicted octanol–water partition coefficient (Wildman–Crippen LogP) is 3.11. The molecule has 4 fully saturated rings. The van der Waals surface area contributed by atoms with Crippen molar-refractivity contribution in [3.8, 4) is 0 Å². The second-order valence-electron chi connectivity index (χ2n) is 6.13. The van der Waals surface area contributed by atoms with Gasteiger partial charge in [0.15, 0.2) is 0 Å². The molecular formula is C12H20BBrO2. The topological polar surface area (TPSA) is 18.5 Å². The van der Waals surface area contributed by atoms with Crippen molar-refractivity contribution in [1.82, 2.24) is 0 Å². The average Bonchev–Trinajstić information content (AvgIpc) is 2.67. The van der Waals surface area contributed by atoms with Gasteiger partial charge in [-0.1, -0.05) is 29.8 Å². The highest BCUT2D eigenvalue weighted by Crippen LogP contribution is 2.61. The van der Waals surface area contributed by atoms with Crippen LogP contribution >= 0.6 is 15.9 Å².